The number of hydrogen-bond acceptors (Lipinski definition) is 3. The lowest BCUT2D eigenvalue weighted by Gasteiger charge is -2.21. The number of amides is 1. The molecule has 4 heteroatoms. The Labute approximate surface area is 150 Å². The van der Waals surface area contributed by atoms with E-state index < -0.39 is 0 Å². The molecule has 0 heterocycles. The van der Waals surface area contributed by atoms with Gasteiger partial charge in [-0.25, -0.2) is 0 Å². The number of benzene rings is 2. The molecule has 25 heavy (non-hydrogen) atoms. The first kappa shape index (κ1) is 19.0. The molecule has 0 radical (unpaired) electrons. The van der Waals surface area contributed by atoms with Crippen LogP contribution in [0.4, 0.5) is 5.69 Å². The molecule has 0 spiro atoms. The Balaban J connectivity index is 1.78. The van der Waals surface area contributed by atoms with E-state index in [4.69, 9.17) is 4.74 Å². The van der Waals surface area contributed by atoms with Gasteiger partial charge in [0.15, 0.2) is 0 Å². The average Bonchev–Trinajstić information content (AvgIpc) is 2.62. The van der Waals surface area contributed by atoms with E-state index in [9.17, 15) is 4.79 Å². The highest BCUT2D eigenvalue weighted by Crippen LogP contribution is 2.18. The number of hydrogen-bond donors (Lipinski definition) is 1. The van der Waals surface area contributed by atoms with Crippen molar-refractivity contribution in [3.63, 3.8) is 0 Å². The first-order valence-electron chi connectivity index (χ1n) is 8.85. The Morgan fingerprint density at radius 3 is 2.64 bits per heavy atom. The summed E-state index contributed by atoms with van der Waals surface area (Å²) in [6.45, 7) is 6.24. The highest BCUT2D eigenvalue weighted by Gasteiger charge is 2.13. The Morgan fingerprint density at radius 1 is 1.12 bits per heavy atom. The summed E-state index contributed by atoms with van der Waals surface area (Å²) in [5.74, 6) is 1.06. The lowest BCUT2D eigenvalue weighted by Crippen LogP contribution is -2.33. The smallest absolute Gasteiger partial charge is 0.228 e. The maximum atomic E-state index is 12.5. The summed E-state index contributed by atoms with van der Waals surface area (Å²) < 4.78 is 5.36. The van der Waals surface area contributed by atoms with Crippen LogP contribution in [-0.2, 0) is 11.2 Å². The maximum absolute atomic E-state index is 12.5. The van der Waals surface area contributed by atoms with E-state index in [0.717, 1.165) is 24.4 Å². The van der Waals surface area contributed by atoms with Crippen molar-refractivity contribution in [2.75, 3.05) is 31.6 Å². The van der Waals surface area contributed by atoms with Crippen molar-refractivity contribution in [3.8, 4) is 5.75 Å². The molecule has 0 aliphatic carbocycles. The van der Waals surface area contributed by atoms with Crippen LogP contribution < -0.4 is 15.0 Å². The number of rotatable bonds is 9. The summed E-state index contributed by atoms with van der Waals surface area (Å²) in [7, 11) is 1.69. The van der Waals surface area contributed by atoms with Gasteiger partial charge >= 0.3 is 0 Å². The second-order valence-corrected chi connectivity index (χ2v) is 6.04. The highest BCUT2D eigenvalue weighted by atomic mass is 16.5. The standard InChI is InChI=1S/C21H28N2O2/c1-4-23(19-10-7-8-17(2)16-19)21(24)13-15-22-14-12-18-9-5-6-11-20(18)25-3/h5-11,16,22H,4,12-15H2,1-3H3. The molecule has 0 bridgehead atoms. The number of carbonyl (C=O) groups excluding carboxylic acids is 1. The van der Waals surface area contributed by atoms with Gasteiger partial charge in [-0.2, -0.15) is 0 Å². The zero-order valence-corrected chi connectivity index (χ0v) is 15.4. The zero-order valence-electron chi connectivity index (χ0n) is 15.4. The van der Waals surface area contributed by atoms with Crippen LogP contribution in [0.25, 0.3) is 0 Å². The predicted molar refractivity (Wildman–Crippen MR) is 103 cm³/mol. The van der Waals surface area contributed by atoms with Crippen LogP contribution in [-0.4, -0.2) is 32.7 Å². The average molecular weight is 340 g/mol. The molecule has 0 unspecified atom stereocenters. The molecule has 0 aromatic heterocycles. The summed E-state index contributed by atoms with van der Waals surface area (Å²) in [6.07, 6.45) is 1.38. The third-order valence-corrected chi connectivity index (χ3v) is 4.21. The number of nitrogens with zero attached hydrogens (tertiary/aromatic N) is 1. The summed E-state index contributed by atoms with van der Waals surface area (Å²) in [4.78, 5) is 14.3. The van der Waals surface area contributed by atoms with Crippen molar-refractivity contribution in [3.05, 3.63) is 59.7 Å². The summed E-state index contributed by atoms with van der Waals surface area (Å²) in [5, 5.41) is 3.35. The molecule has 2 aromatic rings. The van der Waals surface area contributed by atoms with Crippen molar-refractivity contribution < 1.29 is 9.53 Å². The molecule has 0 fully saturated rings. The number of ether oxygens (including phenoxy) is 1. The maximum Gasteiger partial charge on any atom is 0.228 e. The first-order chi connectivity index (χ1) is 12.2. The number of carbonyl (C=O) groups is 1. The topological polar surface area (TPSA) is 41.6 Å². The van der Waals surface area contributed by atoms with Gasteiger partial charge in [0, 0.05) is 25.2 Å². The fraction of sp³-hybridized carbons (Fsp3) is 0.381. The van der Waals surface area contributed by atoms with Gasteiger partial charge in [0.25, 0.3) is 0 Å². The Hall–Kier alpha value is -2.33. The molecule has 134 valence electrons. The van der Waals surface area contributed by atoms with Crippen LogP contribution in [0, 0.1) is 6.92 Å². The van der Waals surface area contributed by atoms with Crippen LogP contribution in [0.2, 0.25) is 0 Å². The van der Waals surface area contributed by atoms with Gasteiger partial charge in [0.1, 0.15) is 5.75 Å². The van der Waals surface area contributed by atoms with Crippen molar-refractivity contribution in [2.24, 2.45) is 0 Å². The monoisotopic (exact) mass is 340 g/mol. The van der Waals surface area contributed by atoms with E-state index in [0.29, 0.717) is 19.5 Å². The fourth-order valence-corrected chi connectivity index (χ4v) is 2.89. The number of methoxy groups -OCH3 is 1. The number of nitrogens with one attached hydrogen (secondary N) is 1. The van der Waals surface area contributed by atoms with Crippen LogP contribution in [0.15, 0.2) is 48.5 Å². The second kappa shape index (κ2) is 9.84. The normalized spacial score (nSPS) is 10.5. The molecule has 1 N–H and O–H groups in total. The minimum atomic E-state index is 0.151. The Morgan fingerprint density at radius 2 is 1.92 bits per heavy atom. The number of para-hydroxylation sites is 1. The van der Waals surface area contributed by atoms with Crippen molar-refractivity contribution in [1.29, 1.82) is 0 Å². The van der Waals surface area contributed by atoms with Crippen LogP contribution in [0.3, 0.4) is 0 Å². The second-order valence-electron chi connectivity index (χ2n) is 6.04. The van der Waals surface area contributed by atoms with Gasteiger partial charge in [-0.05, 0) is 56.1 Å². The zero-order chi connectivity index (χ0) is 18.1. The molecule has 4 nitrogen and oxygen atoms in total. The molecular formula is C21H28N2O2. The number of aryl methyl sites for hydroxylation is 1. The van der Waals surface area contributed by atoms with Gasteiger partial charge in [0.05, 0.1) is 7.11 Å². The van der Waals surface area contributed by atoms with Gasteiger partial charge in [-0.15, -0.1) is 0 Å². The Bertz CT molecular complexity index is 685. The van der Waals surface area contributed by atoms with E-state index in [-0.39, 0.29) is 5.91 Å². The first-order valence-corrected chi connectivity index (χ1v) is 8.85. The molecule has 0 atom stereocenters. The molecular weight excluding hydrogens is 312 g/mol. The lowest BCUT2D eigenvalue weighted by molar-refractivity contribution is -0.118. The largest absolute Gasteiger partial charge is 0.496 e. The van der Waals surface area contributed by atoms with Crippen LogP contribution >= 0.6 is 0 Å². The lowest BCUT2D eigenvalue weighted by atomic mass is 10.1. The number of anilines is 1. The molecule has 2 aromatic carbocycles. The molecule has 0 saturated carbocycles. The molecule has 0 saturated heterocycles. The van der Waals surface area contributed by atoms with E-state index in [1.54, 1.807) is 7.11 Å². The predicted octanol–water partition coefficient (Wildman–Crippen LogP) is 3.58. The van der Waals surface area contributed by atoms with Crippen LogP contribution in [0.1, 0.15) is 24.5 Å². The van der Waals surface area contributed by atoms with Gasteiger partial charge in [-0.3, -0.25) is 4.79 Å². The quantitative estimate of drug-likeness (QED) is 0.710. The van der Waals surface area contributed by atoms with E-state index in [2.05, 4.69) is 17.4 Å². The summed E-state index contributed by atoms with van der Waals surface area (Å²) >= 11 is 0. The summed E-state index contributed by atoms with van der Waals surface area (Å²) in [6, 6.07) is 16.1. The molecule has 1 amide bonds. The molecule has 0 aliphatic heterocycles. The molecule has 2 rings (SSSR count). The van der Waals surface area contributed by atoms with Gasteiger partial charge in [-0.1, -0.05) is 30.3 Å². The minimum absolute atomic E-state index is 0.151. The Kier molecular flexibility index (Phi) is 7.48. The van der Waals surface area contributed by atoms with E-state index in [1.165, 1.54) is 11.1 Å². The third kappa shape index (κ3) is 5.61. The highest BCUT2D eigenvalue weighted by molar-refractivity contribution is 5.93. The van der Waals surface area contributed by atoms with Crippen molar-refractivity contribution in [1.82, 2.24) is 5.32 Å². The van der Waals surface area contributed by atoms with Crippen molar-refractivity contribution >= 4 is 11.6 Å². The van der Waals surface area contributed by atoms with Gasteiger partial charge < -0.3 is 15.0 Å². The van der Waals surface area contributed by atoms with Crippen LogP contribution in [0.5, 0.6) is 5.75 Å². The SMILES string of the molecule is CCN(C(=O)CCNCCc1ccccc1OC)c1cccc(C)c1. The summed E-state index contributed by atoms with van der Waals surface area (Å²) in [5.41, 5.74) is 3.32. The van der Waals surface area contributed by atoms with Gasteiger partial charge in [0.2, 0.25) is 5.91 Å². The van der Waals surface area contributed by atoms with E-state index in [1.807, 2.05) is 55.1 Å². The molecule has 0 aliphatic rings. The fourth-order valence-electron chi connectivity index (χ4n) is 2.89. The van der Waals surface area contributed by atoms with E-state index >= 15 is 0 Å². The van der Waals surface area contributed by atoms with Crippen molar-refractivity contribution in [2.45, 2.75) is 26.7 Å². The minimum Gasteiger partial charge on any atom is -0.496 e. The third-order valence-electron chi connectivity index (χ3n) is 4.21.